The lowest BCUT2D eigenvalue weighted by atomic mass is 9.96. The SMILES string of the molecule is CCc1nn(C)cc1C1C(N)CCCC(=O)N1CCOC. The number of rotatable bonds is 5. The van der Waals surface area contributed by atoms with Crippen molar-refractivity contribution >= 4 is 5.91 Å². The van der Waals surface area contributed by atoms with Gasteiger partial charge in [-0.2, -0.15) is 5.10 Å². The summed E-state index contributed by atoms with van der Waals surface area (Å²) in [6.07, 6.45) is 5.11. The van der Waals surface area contributed by atoms with Gasteiger partial charge in [0.05, 0.1) is 18.3 Å². The second-order valence-corrected chi connectivity index (χ2v) is 5.64. The molecule has 2 N–H and O–H groups in total. The molecule has 1 aliphatic rings. The molecule has 1 saturated heterocycles. The van der Waals surface area contributed by atoms with Gasteiger partial charge in [0, 0.05) is 44.9 Å². The minimum atomic E-state index is -0.0983. The van der Waals surface area contributed by atoms with E-state index < -0.39 is 0 Å². The first kappa shape index (κ1) is 16.0. The second-order valence-electron chi connectivity index (χ2n) is 5.64. The Morgan fingerprint density at radius 3 is 2.95 bits per heavy atom. The van der Waals surface area contributed by atoms with Crippen LogP contribution in [0, 0.1) is 0 Å². The topological polar surface area (TPSA) is 73.4 Å². The number of carbonyl (C=O) groups excluding carboxylic acids is 1. The van der Waals surface area contributed by atoms with Crippen LogP contribution in [-0.2, 0) is 23.0 Å². The average Bonchev–Trinajstić information content (AvgIpc) is 2.76. The number of amides is 1. The third-order valence-electron chi connectivity index (χ3n) is 4.12. The van der Waals surface area contributed by atoms with Crippen molar-refractivity contribution in [1.29, 1.82) is 0 Å². The maximum atomic E-state index is 12.4. The van der Waals surface area contributed by atoms with Crippen molar-refractivity contribution in [3.63, 3.8) is 0 Å². The Balaban J connectivity index is 2.38. The Labute approximate surface area is 126 Å². The van der Waals surface area contributed by atoms with E-state index in [1.54, 1.807) is 7.11 Å². The van der Waals surface area contributed by atoms with E-state index in [0.29, 0.717) is 19.6 Å². The molecule has 0 aliphatic carbocycles. The molecular formula is C15H26N4O2. The summed E-state index contributed by atoms with van der Waals surface area (Å²) in [5, 5.41) is 4.50. The number of aryl methyl sites for hydroxylation is 2. The molecular weight excluding hydrogens is 268 g/mol. The van der Waals surface area contributed by atoms with Crippen molar-refractivity contribution in [3.05, 3.63) is 17.5 Å². The molecule has 1 aliphatic heterocycles. The minimum absolute atomic E-state index is 0.0530. The molecule has 0 bridgehead atoms. The van der Waals surface area contributed by atoms with Gasteiger partial charge < -0.3 is 15.4 Å². The summed E-state index contributed by atoms with van der Waals surface area (Å²) < 4.78 is 6.97. The predicted molar refractivity (Wildman–Crippen MR) is 80.7 cm³/mol. The Bertz CT molecular complexity index is 486. The molecule has 2 unspecified atom stereocenters. The lowest BCUT2D eigenvalue weighted by Crippen LogP contribution is -2.43. The molecule has 2 atom stereocenters. The monoisotopic (exact) mass is 294 g/mol. The Morgan fingerprint density at radius 1 is 1.52 bits per heavy atom. The van der Waals surface area contributed by atoms with Crippen LogP contribution in [0.5, 0.6) is 0 Å². The Kier molecular flexibility index (Phi) is 5.36. The van der Waals surface area contributed by atoms with E-state index >= 15 is 0 Å². The highest BCUT2D eigenvalue weighted by molar-refractivity contribution is 5.77. The van der Waals surface area contributed by atoms with E-state index in [2.05, 4.69) is 12.0 Å². The van der Waals surface area contributed by atoms with Gasteiger partial charge in [0.1, 0.15) is 0 Å². The summed E-state index contributed by atoms with van der Waals surface area (Å²) in [5.41, 5.74) is 8.50. The van der Waals surface area contributed by atoms with Gasteiger partial charge in [-0.25, -0.2) is 0 Å². The van der Waals surface area contributed by atoms with Gasteiger partial charge >= 0.3 is 0 Å². The molecule has 2 heterocycles. The molecule has 2 rings (SSSR count). The summed E-state index contributed by atoms with van der Waals surface area (Å²) in [6.45, 7) is 3.18. The second kappa shape index (κ2) is 7.04. The largest absolute Gasteiger partial charge is 0.383 e. The number of hydrogen-bond acceptors (Lipinski definition) is 4. The average molecular weight is 294 g/mol. The van der Waals surface area contributed by atoms with Crippen LogP contribution >= 0.6 is 0 Å². The van der Waals surface area contributed by atoms with Crippen molar-refractivity contribution in [2.75, 3.05) is 20.3 Å². The molecule has 21 heavy (non-hydrogen) atoms. The number of likely N-dealkylation sites (tertiary alicyclic amines) is 1. The van der Waals surface area contributed by atoms with Crippen LogP contribution in [0.4, 0.5) is 0 Å². The molecule has 1 fully saturated rings. The molecule has 6 heteroatoms. The van der Waals surface area contributed by atoms with Crippen molar-refractivity contribution in [1.82, 2.24) is 14.7 Å². The molecule has 0 spiro atoms. The van der Waals surface area contributed by atoms with E-state index in [1.807, 2.05) is 22.8 Å². The highest BCUT2D eigenvalue weighted by Gasteiger charge is 2.34. The number of hydrogen-bond donors (Lipinski definition) is 1. The maximum Gasteiger partial charge on any atom is 0.223 e. The summed E-state index contributed by atoms with van der Waals surface area (Å²) in [4.78, 5) is 14.3. The fourth-order valence-electron chi connectivity index (χ4n) is 3.10. The van der Waals surface area contributed by atoms with Gasteiger partial charge in [0.25, 0.3) is 0 Å². The third-order valence-corrected chi connectivity index (χ3v) is 4.12. The predicted octanol–water partition coefficient (Wildman–Crippen LogP) is 1.01. The van der Waals surface area contributed by atoms with Crippen LogP contribution in [0.2, 0.25) is 0 Å². The Morgan fingerprint density at radius 2 is 2.29 bits per heavy atom. The normalized spacial score (nSPS) is 23.4. The van der Waals surface area contributed by atoms with E-state index in [1.165, 1.54) is 0 Å². The van der Waals surface area contributed by atoms with E-state index in [0.717, 1.165) is 30.5 Å². The highest BCUT2D eigenvalue weighted by atomic mass is 16.5. The zero-order valence-corrected chi connectivity index (χ0v) is 13.2. The van der Waals surface area contributed by atoms with Gasteiger partial charge in [-0.3, -0.25) is 9.48 Å². The minimum Gasteiger partial charge on any atom is -0.383 e. The first-order valence-corrected chi connectivity index (χ1v) is 7.64. The fraction of sp³-hybridized carbons (Fsp3) is 0.733. The summed E-state index contributed by atoms with van der Waals surface area (Å²) in [6, 6.07) is -0.151. The van der Waals surface area contributed by atoms with Crippen molar-refractivity contribution in [2.45, 2.75) is 44.7 Å². The number of methoxy groups -OCH3 is 1. The number of ether oxygens (including phenoxy) is 1. The number of nitrogens with two attached hydrogens (primary N) is 1. The van der Waals surface area contributed by atoms with Crippen LogP contribution in [-0.4, -0.2) is 46.9 Å². The van der Waals surface area contributed by atoms with Gasteiger partial charge in [-0.1, -0.05) is 6.92 Å². The molecule has 1 aromatic rings. The van der Waals surface area contributed by atoms with Crippen molar-refractivity contribution < 1.29 is 9.53 Å². The molecule has 0 saturated carbocycles. The molecule has 6 nitrogen and oxygen atoms in total. The van der Waals surface area contributed by atoms with Crippen LogP contribution < -0.4 is 5.73 Å². The summed E-state index contributed by atoms with van der Waals surface area (Å²) >= 11 is 0. The number of aromatic nitrogens is 2. The van der Waals surface area contributed by atoms with E-state index in [4.69, 9.17) is 10.5 Å². The van der Waals surface area contributed by atoms with Crippen molar-refractivity contribution in [3.8, 4) is 0 Å². The standard InChI is InChI=1S/C15H26N4O2/c1-4-13-11(10-18(2)17-13)15-12(16)6-5-7-14(20)19(15)8-9-21-3/h10,12,15H,4-9,16H2,1-3H3. The number of nitrogens with zero attached hydrogens (tertiary/aromatic N) is 3. The Hall–Kier alpha value is -1.40. The van der Waals surface area contributed by atoms with Gasteiger partial charge in [0.15, 0.2) is 0 Å². The lowest BCUT2D eigenvalue weighted by Gasteiger charge is -2.33. The quantitative estimate of drug-likeness (QED) is 0.879. The first-order chi connectivity index (χ1) is 10.1. The molecule has 1 aromatic heterocycles. The first-order valence-electron chi connectivity index (χ1n) is 7.64. The van der Waals surface area contributed by atoms with Crippen LogP contribution in [0.25, 0.3) is 0 Å². The van der Waals surface area contributed by atoms with Crippen LogP contribution in [0.3, 0.4) is 0 Å². The van der Waals surface area contributed by atoms with Crippen LogP contribution in [0.1, 0.15) is 43.5 Å². The number of carbonyl (C=O) groups is 1. The van der Waals surface area contributed by atoms with E-state index in [-0.39, 0.29) is 18.0 Å². The molecule has 118 valence electrons. The van der Waals surface area contributed by atoms with Crippen molar-refractivity contribution in [2.24, 2.45) is 12.8 Å². The van der Waals surface area contributed by atoms with E-state index in [9.17, 15) is 4.79 Å². The smallest absolute Gasteiger partial charge is 0.223 e. The zero-order valence-electron chi connectivity index (χ0n) is 13.2. The summed E-state index contributed by atoms with van der Waals surface area (Å²) in [5.74, 6) is 0.163. The van der Waals surface area contributed by atoms with Gasteiger partial charge in [-0.15, -0.1) is 0 Å². The summed E-state index contributed by atoms with van der Waals surface area (Å²) in [7, 11) is 3.56. The molecule has 0 aromatic carbocycles. The fourth-order valence-corrected chi connectivity index (χ4v) is 3.10. The van der Waals surface area contributed by atoms with Gasteiger partial charge in [0.2, 0.25) is 5.91 Å². The van der Waals surface area contributed by atoms with Crippen LogP contribution in [0.15, 0.2) is 6.20 Å². The third kappa shape index (κ3) is 3.44. The molecule has 0 radical (unpaired) electrons. The lowest BCUT2D eigenvalue weighted by molar-refractivity contribution is -0.134. The maximum absolute atomic E-state index is 12.4. The highest BCUT2D eigenvalue weighted by Crippen LogP contribution is 2.31. The molecule has 1 amide bonds. The van der Waals surface area contributed by atoms with Gasteiger partial charge in [-0.05, 0) is 19.3 Å². The zero-order chi connectivity index (χ0) is 15.4.